The van der Waals surface area contributed by atoms with E-state index < -0.39 is 6.04 Å². The number of carbonyl (C=O) groups excluding carboxylic acids is 2. The Bertz CT molecular complexity index is 671. The lowest BCUT2D eigenvalue weighted by Gasteiger charge is -2.21. The van der Waals surface area contributed by atoms with Crippen molar-refractivity contribution in [3.63, 3.8) is 0 Å². The number of hydrogen-bond donors (Lipinski definition) is 2. The summed E-state index contributed by atoms with van der Waals surface area (Å²) in [5.74, 6) is -0.206. The molecule has 0 saturated carbocycles. The SMILES string of the molecule is CC(NC(=O)c1cccc2[nH]ccc12)C(=O)N1CCCC1. The molecule has 2 heterocycles. The number of carbonyl (C=O) groups is 2. The van der Waals surface area contributed by atoms with E-state index in [1.165, 1.54) is 0 Å². The van der Waals surface area contributed by atoms with Crippen LogP contribution in [-0.2, 0) is 4.79 Å². The quantitative estimate of drug-likeness (QED) is 0.904. The first-order chi connectivity index (χ1) is 10.2. The monoisotopic (exact) mass is 285 g/mol. The zero-order chi connectivity index (χ0) is 14.8. The molecule has 0 aliphatic carbocycles. The fourth-order valence-corrected chi connectivity index (χ4v) is 2.83. The maximum absolute atomic E-state index is 12.4. The van der Waals surface area contributed by atoms with Crippen molar-refractivity contribution in [1.29, 1.82) is 0 Å². The average molecular weight is 285 g/mol. The average Bonchev–Trinajstić information content (AvgIpc) is 3.16. The summed E-state index contributed by atoms with van der Waals surface area (Å²) in [4.78, 5) is 29.5. The van der Waals surface area contributed by atoms with Crippen LogP contribution >= 0.6 is 0 Å². The molecule has 1 aromatic heterocycles. The molecule has 0 spiro atoms. The van der Waals surface area contributed by atoms with Gasteiger partial charge in [0.15, 0.2) is 0 Å². The predicted molar refractivity (Wildman–Crippen MR) is 81.0 cm³/mol. The van der Waals surface area contributed by atoms with Crippen LogP contribution in [0.4, 0.5) is 0 Å². The molecule has 0 radical (unpaired) electrons. The second-order valence-corrected chi connectivity index (χ2v) is 5.47. The summed E-state index contributed by atoms with van der Waals surface area (Å²) in [5.41, 5.74) is 1.51. The van der Waals surface area contributed by atoms with Crippen molar-refractivity contribution in [3.05, 3.63) is 36.0 Å². The molecule has 2 amide bonds. The number of aromatic amines is 1. The molecule has 5 nitrogen and oxygen atoms in total. The number of nitrogens with zero attached hydrogens (tertiary/aromatic N) is 1. The van der Waals surface area contributed by atoms with Crippen molar-refractivity contribution in [2.24, 2.45) is 0 Å². The minimum atomic E-state index is -0.496. The maximum Gasteiger partial charge on any atom is 0.252 e. The third-order valence-corrected chi connectivity index (χ3v) is 3.98. The van der Waals surface area contributed by atoms with Gasteiger partial charge in [0.05, 0.1) is 0 Å². The fraction of sp³-hybridized carbons (Fsp3) is 0.375. The van der Waals surface area contributed by atoms with Gasteiger partial charge >= 0.3 is 0 Å². The maximum atomic E-state index is 12.4. The second kappa shape index (κ2) is 5.60. The Labute approximate surface area is 123 Å². The summed E-state index contributed by atoms with van der Waals surface area (Å²) in [6, 6.07) is 6.91. The van der Waals surface area contributed by atoms with Crippen LogP contribution in [0.5, 0.6) is 0 Å². The Hall–Kier alpha value is -2.30. The zero-order valence-corrected chi connectivity index (χ0v) is 12.1. The summed E-state index contributed by atoms with van der Waals surface area (Å²) in [7, 11) is 0. The topological polar surface area (TPSA) is 65.2 Å². The van der Waals surface area contributed by atoms with E-state index >= 15 is 0 Å². The van der Waals surface area contributed by atoms with Crippen LogP contribution in [0.15, 0.2) is 30.5 Å². The summed E-state index contributed by atoms with van der Waals surface area (Å²) < 4.78 is 0. The summed E-state index contributed by atoms with van der Waals surface area (Å²) in [6.45, 7) is 3.34. The van der Waals surface area contributed by atoms with E-state index in [1.54, 1.807) is 19.2 Å². The molecule has 1 aromatic carbocycles. The Kier molecular flexibility index (Phi) is 3.64. The van der Waals surface area contributed by atoms with Gasteiger partial charge in [-0.25, -0.2) is 0 Å². The number of hydrogen-bond acceptors (Lipinski definition) is 2. The highest BCUT2D eigenvalue weighted by Gasteiger charge is 2.25. The van der Waals surface area contributed by atoms with Crippen LogP contribution in [0.2, 0.25) is 0 Å². The largest absolute Gasteiger partial charge is 0.361 e. The molecule has 3 rings (SSSR count). The van der Waals surface area contributed by atoms with E-state index in [2.05, 4.69) is 10.3 Å². The molecule has 1 aliphatic rings. The van der Waals surface area contributed by atoms with Crippen molar-refractivity contribution >= 4 is 22.7 Å². The van der Waals surface area contributed by atoms with Crippen molar-refractivity contribution in [1.82, 2.24) is 15.2 Å². The standard InChI is InChI=1S/C16H19N3O2/c1-11(16(21)19-9-2-3-10-19)18-15(20)13-5-4-6-14-12(13)7-8-17-14/h4-8,11,17H,2-3,9-10H2,1H3,(H,18,20). The van der Waals surface area contributed by atoms with Gasteiger partial charge in [-0.2, -0.15) is 0 Å². The molecule has 5 heteroatoms. The third-order valence-electron chi connectivity index (χ3n) is 3.98. The van der Waals surface area contributed by atoms with E-state index in [0.29, 0.717) is 5.56 Å². The third kappa shape index (κ3) is 2.63. The van der Waals surface area contributed by atoms with Crippen molar-refractivity contribution in [2.45, 2.75) is 25.8 Å². The molecule has 1 saturated heterocycles. The van der Waals surface area contributed by atoms with Gasteiger partial charge in [-0.15, -0.1) is 0 Å². The lowest BCUT2D eigenvalue weighted by molar-refractivity contribution is -0.131. The highest BCUT2D eigenvalue weighted by Crippen LogP contribution is 2.17. The first-order valence-corrected chi connectivity index (χ1v) is 7.32. The predicted octanol–water partition coefficient (Wildman–Crippen LogP) is 1.91. The molecule has 21 heavy (non-hydrogen) atoms. The second-order valence-electron chi connectivity index (χ2n) is 5.47. The normalized spacial score (nSPS) is 16.1. The van der Waals surface area contributed by atoms with E-state index in [0.717, 1.165) is 36.8 Å². The van der Waals surface area contributed by atoms with Gasteiger partial charge in [-0.3, -0.25) is 9.59 Å². The van der Waals surface area contributed by atoms with Crippen molar-refractivity contribution in [3.8, 4) is 0 Å². The van der Waals surface area contributed by atoms with E-state index in [4.69, 9.17) is 0 Å². The first kappa shape index (κ1) is 13.7. The van der Waals surface area contributed by atoms with Crippen LogP contribution in [0, 0.1) is 0 Å². The smallest absolute Gasteiger partial charge is 0.252 e. The number of fused-ring (bicyclic) bond motifs is 1. The van der Waals surface area contributed by atoms with Gasteiger partial charge in [-0.1, -0.05) is 6.07 Å². The minimum absolute atomic E-state index is 0.00194. The Morgan fingerprint density at radius 3 is 2.76 bits per heavy atom. The van der Waals surface area contributed by atoms with E-state index in [-0.39, 0.29) is 11.8 Å². The lowest BCUT2D eigenvalue weighted by Crippen LogP contribution is -2.45. The van der Waals surface area contributed by atoms with Gasteiger partial charge in [0.2, 0.25) is 5.91 Å². The molecular formula is C16H19N3O2. The number of benzene rings is 1. The fourth-order valence-electron chi connectivity index (χ4n) is 2.83. The number of likely N-dealkylation sites (tertiary alicyclic amines) is 1. The molecular weight excluding hydrogens is 266 g/mol. The Balaban J connectivity index is 1.73. The minimum Gasteiger partial charge on any atom is -0.361 e. The molecule has 110 valence electrons. The van der Waals surface area contributed by atoms with Gasteiger partial charge in [0.25, 0.3) is 5.91 Å². The zero-order valence-electron chi connectivity index (χ0n) is 12.1. The number of amides is 2. The Morgan fingerprint density at radius 1 is 1.24 bits per heavy atom. The van der Waals surface area contributed by atoms with Crippen molar-refractivity contribution < 1.29 is 9.59 Å². The molecule has 2 N–H and O–H groups in total. The van der Waals surface area contributed by atoms with Gasteiger partial charge in [0.1, 0.15) is 6.04 Å². The van der Waals surface area contributed by atoms with Crippen LogP contribution in [0.25, 0.3) is 10.9 Å². The van der Waals surface area contributed by atoms with Gasteiger partial charge in [0, 0.05) is 35.8 Å². The van der Waals surface area contributed by atoms with Crippen LogP contribution in [0.1, 0.15) is 30.1 Å². The van der Waals surface area contributed by atoms with Crippen LogP contribution in [0.3, 0.4) is 0 Å². The summed E-state index contributed by atoms with van der Waals surface area (Å²) in [5, 5.41) is 3.68. The van der Waals surface area contributed by atoms with Crippen molar-refractivity contribution in [2.75, 3.05) is 13.1 Å². The van der Waals surface area contributed by atoms with E-state index in [1.807, 2.05) is 23.1 Å². The van der Waals surface area contributed by atoms with Crippen LogP contribution < -0.4 is 5.32 Å². The van der Waals surface area contributed by atoms with Gasteiger partial charge in [-0.05, 0) is 38.0 Å². The van der Waals surface area contributed by atoms with Gasteiger partial charge < -0.3 is 15.2 Å². The first-order valence-electron chi connectivity index (χ1n) is 7.32. The molecule has 2 aromatic rings. The molecule has 1 fully saturated rings. The highest BCUT2D eigenvalue weighted by atomic mass is 16.2. The number of rotatable bonds is 3. The lowest BCUT2D eigenvalue weighted by atomic mass is 10.1. The van der Waals surface area contributed by atoms with E-state index in [9.17, 15) is 9.59 Å². The highest BCUT2D eigenvalue weighted by molar-refractivity contribution is 6.07. The summed E-state index contributed by atoms with van der Waals surface area (Å²) >= 11 is 0. The Morgan fingerprint density at radius 2 is 2.00 bits per heavy atom. The number of H-pyrrole nitrogens is 1. The number of nitrogens with one attached hydrogen (secondary N) is 2. The van der Waals surface area contributed by atoms with Crippen LogP contribution in [-0.4, -0.2) is 40.8 Å². The number of aromatic nitrogens is 1. The molecule has 1 atom stereocenters. The molecule has 1 unspecified atom stereocenters. The summed E-state index contributed by atoms with van der Waals surface area (Å²) in [6.07, 6.45) is 3.91. The molecule has 1 aliphatic heterocycles. The molecule has 0 bridgehead atoms.